The number of alkyl carbamates (subject to hydrolysis) is 2. The lowest BCUT2D eigenvalue weighted by molar-refractivity contribution is -0.132. The number of nitrogens with zero attached hydrogens (tertiary/aromatic N) is 4. The molecule has 7 atom stereocenters. The molecule has 1 saturated carbocycles. The number of methoxy groups -OCH3 is 2. The van der Waals surface area contributed by atoms with Gasteiger partial charge >= 0.3 is 12.2 Å². The third-order valence-electron chi connectivity index (χ3n) is 13.3. The minimum Gasteiger partial charge on any atom is -0.453 e. The summed E-state index contributed by atoms with van der Waals surface area (Å²) >= 11 is 0. The number of allylic oxidation sites excluding steroid dienone is 1. The fourth-order valence-corrected chi connectivity index (χ4v) is 9.90. The summed E-state index contributed by atoms with van der Waals surface area (Å²) in [5, 5.41) is 16.6. The summed E-state index contributed by atoms with van der Waals surface area (Å²) in [6, 6.07) is 14.9. The van der Waals surface area contributed by atoms with Crippen molar-refractivity contribution in [2.75, 3.05) is 27.3 Å². The largest absolute Gasteiger partial charge is 0.453 e. The van der Waals surface area contributed by atoms with Gasteiger partial charge in [-0.25, -0.2) is 14.6 Å². The van der Waals surface area contributed by atoms with Crippen LogP contribution in [0.3, 0.4) is 0 Å². The van der Waals surface area contributed by atoms with E-state index in [9.17, 15) is 19.5 Å². The lowest BCUT2D eigenvalue weighted by atomic mass is 9.93. The number of aromatic amines is 1. The number of fused-ring (bicyclic) bond motifs is 6. The Morgan fingerprint density at radius 1 is 0.952 bits per heavy atom. The monoisotopic (exact) mass is 851 g/mol. The van der Waals surface area contributed by atoms with Crippen molar-refractivity contribution in [3.8, 4) is 22.3 Å². The highest BCUT2D eigenvalue weighted by Gasteiger charge is 2.51. The number of likely N-dealkylation sites (tertiary alicyclic amines) is 1. The van der Waals surface area contributed by atoms with E-state index < -0.39 is 36.4 Å². The number of carbonyl (C=O) groups excluding carboxylic acids is 3. The number of rotatable bonds is 12. The van der Waals surface area contributed by atoms with Crippen LogP contribution in [0.5, 0.6) is 0 Å². The van der Waals surface area contributed by atoms with Gasteiger partial charge in [0, 0.05) is 35.6 Å². The zero-order valence-electron chi connectivity index (χ0n) is 36.0. The minimum absolute atomic E-state index is 0.0389. The maximum Gasteiger partial charge on any atom is 0.407 e. The smallest absolute Gasteiger partial charge is 0.407 e. The molecule has 1 saturated heterocycles. The van der Waals surface area contributed by atoms with Gasteiger partial charge in [-0.05, 0) is 122 Å². The van der Waals surface area contributed by atoms with Crippen LogP contribution in [0.4, 0.5) is 18.4 Å². The molecule has 4 aliphatic rings. The standard InChI is InChI=1S/C47H55F2N7O6/c1-7-18-55(43(57)26(3)51-45(59)61-5)24-40-25(2)8-9-32(23-50-40)29-12-16-35-34-15-11-28(20-36(34)47(48,49)37(35)21-29)30-13-17-38-39(22-30)54-42(53-38)41-31-10-14-33(19-31)56(41)44(58)27(4)52-46(60)62-6/h11-13,15-17,20-23,25-27,31,33,41,44,58H,7-10,14,18-19,24H2,1-6H3,(H,51,59)(H,52,60)(H,53,54). The van der Waals surface area contributed by atoms with Crippen molar-refractivity contribution in [2.24, 2.45) is 16.8 Å². The van der Waals surface area contributed by atoms with E-state index in [4.69, 9.17) is 14.7 Å². The SMILES string of the molecule is CCCN(CC1=NC=C(c2ccc3c(c2)C(F)(F)c2cc(-c4ccc5nc(C6C7CCC(C7)N6C(O)C(C)NC(=O)OC)[nH]c5c4)ccc2-3)CCC1C)C(=O)C(C)NC(=O)OC. The van der Waals surface area contributed by atoms with Crippen LogP contribution >= 0.6 is 0 Å². The molecule has 2 aliphatic carbocycles. The van der Waals surface area contributed by atoms with Crippen molar-refractivity contribution in [3.63, 3.8) is 0 Å². The Hall–Kier alpha value is -5.67. The predicted molar refractivity (Wildman–Crippen MR) is 232 cm³/mol. The second-order valence-corrected chi connectivity index (χ2v) is 17.2. The summed E-state index contributed by atoms with van der Waals surface area (Å²) in [5.41, 5.74) is 6.17. The third kappa shape index (κ3) is 7.96. The first-order valence-electron chi connectivity index (χ1n) is 21.6. The molecule has 0 spiro atoms. The number of nitrogens with one attached hydrogen (secondary N) is 3. The van der Waals surface area contributed by atoms with E-state index in [1.54, 1.807) is 49.2 Å². The summed E-state index contributed by atoms with van der Waals surface area (Å²) in [6.45, 7) is 8.19. The maximum absolute atomic E-state index is 16.6. The van der Waals surface area contributed by atoms with Gasteiger partial charge in [-0.1, -0.05) is 44.2 Å². The molecule has 62 heavy (non-hydrogen) atoms. The number of ether oxygens (including phenoxy) is 2. The van der Waals surface area contributed by atoms with Gasteiger partial charge in [0.2, 0.25) is 5.91 Å². The summed E-state index contributed by atoms with van der Waals surface area (Å²) in [4.78, 5) is 54.0. The summed E-state index contributed by atoms with van der Waals surface area (Å²) in [6.07, 6.45) is 4.49. The lowest BCUT2D eigenvalue weighted by Crippen LogP contribution is -2.53. The van der Waals surface area contributed by atoms with Gasteiger partial charge in [0.25, 0.3) is 5.92 Å². The van der Waals surface area contributed by atoms with Gasteiger partial charge in [0.05, 0.1) is 43.9 Å². The normalized spacial score (nSPS) is 22.7. The van der Waals surface area contributed by atoms with Gasteiger partial charge in [0.1, 0.15) is 18.1 Å². The van der Waals surface area contributed by atoms with E-state index >= 15 is 8.78 Å². The van der Waals surface area contributed by atoms with Gasteiger partial charge in [-0.2, -0.15) is 8.78 Å². The van der Waals surface area contributed by atoms with Gasteiger partial charge in [-0.15, -0.1) is 0 Å². The van der Waals surface area contributed by atoms with Crippen molar-refractivity contribution in [1.82, 2.24) is 30.4 Å². The summed E-state index contributed by atoms with van der Waals surface area (Å²) < 4.78 is 42.6. The van der Waals surface area contributed by atoms with E-state index in [0.717, 1.165) is 65.8 Å². The van der Waals surface area contributed by atoms with E-state index in [0.29, 0.717) is 47.7 Å². The van der Waals surface area contributed by atoms with Crippen LogP contribution in [-0.4, -0.2) is 100 Å². The number of alkyl halides is 2. The molecular weight excluding hydrogens is 797 g/mol. The first-order valence-corrected chi connectivity index (χ1v) is 21.6. The highest BCUT2D eigenvalue weighted by Crippen LogP contribution is 2.53. The summed E-state index contributed by atoms with van der Waals surface area (Å²) in [7, 11) is 2.54. The Balaban J connectivity index is 1.02. The molecule has 2 bridgehead atoms. The Bertz CT molecular complexity index is 2450. The average Bonchev–Trinajstić information content (AvgIpc) is 4.03. The number of aliphatic hydroxyl groups excluding tert-OH is 1. The Kier molecular flexibility index (Phi) is 12.0. The first kappa shape index (κ1) is 43.0. The van der Waals surface area contributed by atoms with Crippen molar-refractivity contribution in [2.45, 2.75) is 103 Å². The summed E-state index contributed by atoms with van der Waals surface area (Å²) in [5.74, 6) is -2.42. The van der Waals surface area contributed by atoms with E-state index in [1.807, 2.05) is 37.3 Å². The third-order valence-corrected chi connectivity index (χ3v) is 13.3. The van der Waals surface area contributed by atoms with Crippen LogP contribution in [0, 0.1) is 11.8 Å². The number of hydrogen-bond acceptors (Lipinski definition) is 9. The van der Waals surface area contributed by atoms with E-state index in [-0.39, 0.29) is 35.0 Å². The first-order chi connectivity index (χ1) is 29.7. The molecule has 13 nitrogen and oxygen atoms in total. The Labute approximate surface area is 360 Å². The van der Waals surface area contributed by atoms with Crippen molar-refractivity contribution < 1.29 is 37.7 Å². The zero-order chi connectivity index (χ0) is 44.0. The second kappa shape index (κ2) is 17.2. The number of aromatic nitrogens is 2. The average molecular weight is 852 g/mol. The maximum atomic E-state index is 16.6. The minimum atomic E-state index is -3.24. The van der Waals surface area contributed by atoms with Crippen LogP contribution in [0.25, 0.3) is 38.9 Å². The number of amides is 3. The number of aliphatic hydroxyl groups is 1. The quantitative estimate of drug-likeness (QED) is 0.111. The molecule has 4 N–H and O–H groups in total. The molecule has 15 heteroatoms. The molecule has 3 aromatic carbocycles. The van der Waals surface area contributed by atoms with Crippen LogP contribution in [-0.2, 0) is 20.2 Å². The number of aliphatic imine (C=N–C) groups is 1. The molecule has 328 valence electrons. The zero-order valence-corrected chi connectivity index (χ0v) is 36.0. The molecule has 0 radical (unpaired) electrons. The van der Waals surface area contributed by atoms with E-state index in [2.05, 4.69) is 32.2 Å². The molecule has 2 aliphatic heterocycles. The number of piperidine rings is 1. The molecule has 8 rings (SSSR count). The molecule has 7 unspecified atom stereocenters. The highest BCUT2D eigenvalue weighted by atomic mass is 19.3. The second-order valence-electron chi connectivity index (χ2n) is 17.2. The van der Waals surface area contributed by atoms with Crippen LogP contribution in [0.15, 0.2) is 65.8 Å². The molecule has 4 aromatic rings. The van der Waals surface area contributed by atoms with Crippen molar-refractivity contribution >= 4 is 40.4 Å². The van der Waals surface area contributed by atoms with Crippen molar-refractivity contribution in [1.29, 1.82) is 0 Å². The Morgan fingerprint density at radius 2 is 1.61 bits per heavy atom. The van der Waals surface area contributed by atoms with Gasteiger partial charge < -0.3 is 35.1 Å². The molecule has 1 aromatic heterocycles. The fourth-order valence-electron chi connectivity index (χ4n) is 9.90. The lowest BCUT2D eigenvalue weighted by Gasteiger charge is -2.39. The van der Waals surface area contributed by atoms with E-state index in [1.165, 1.54) is 14.2 Å². The number of halogens is 2. The predicted octanol–water partition coefficient (Wildman–Crippen LogP) is 8.13. The molecular formula is C47H55F2N7O6. The fraction of sp³-hybridized carbons (Fsp3) is 0.468. The molecule has 2 fully saturated rings. The van der Waals surface area contributed by atoms with Crippen LogP contribution < -0.4 is 10.6 Å². The van der Waals surface area contributed by atoms with Gasteiger partial charge in [0.15, 0.2) is 0 Å². The number of hydrogen-bond donors (Lipinski definition) is 4. The van der Waals surface area contributed by atoms with Gasteiger partial charge in [-0.3, -0.25) is 14.7 Å². The topological polar surface area (TPSA) is 161 Å². The molecule has 3 amide bonds. The number of imidazole rings is 1. The van der Waals surface area contributed by atoms with Crippen LogP contribution in [0.1, 0.15) is 94.8 Å². The number of carbonyl (C=O) groups is 3. The highest BCUT2D eigenvalue weighted by molar-refractivity contribution is 5.95. The Morgan fingerprint density at radius 3 is 2.32 bits per heavy atom. The molecule has 3 heterocycles. The van der Waals surface area contributed by atoms with Crippen molar-refractivity contribution in [3.05, 3.63) is 83.3 Å². The number of H-pyrrole nitrogens is 1. The number of benzene rings is 3. The van der Waals surface area contributed by atoms with Crippen LogP contribution in [0.2, 0.25) is 0 Å².